The standard InChI is InChI=1S/C28H46N18/c1-35-23(29)43-27(33)46(3)12-8-21-13-18(15-38-21)16-40-25(31)42-24(30)37-10-6-20-14-22(17-39-20)41-26(32)44-28(34)45(2)11-7-19-5-4-9-36-19/h4-5,9,13-15,17,36,38-39H,6-8,10-12,16H2,1-3H3,(H4,29,33,35,43)(H4,32,34,41,44)(H5,30,31,37,40,42). The van der Waals surface area contributed by atoms with Gasteiger partial charge in [-0.05, 0) is 29.8 Å². The highest BCUT2D eigenvalue weighted by atomic mass is 15.3. The van der Waals surface area contributed by atoms with E-state index in [0.29, 0.717) is 44.7 Å². The summed E-state index contributed by atoms with van der Waals surface area (Å²) in [4.78, 5) is 12.9. The van der Waals surface area contributed by atoms with Gasteiger partial charge in [0, 0.05) is 102 Å². The molecule has 18 heteroatoms. The molecule has 3 aromatic rings. The average molecular weight is 635 g/mol. The molecule has 0 aliphatic rings. The first-order valence-electron chi connectivity index (χ1n) is 14.6. The molecule has 0 aromatic carbocycles. The number of anilines is 1. The minimum Gasteiger partial charge on any atom is -0.365 e. The van der Waals surface area contributed by atoms with Crippen LogP contribution in [0.15, 0.2) is 42.9 Å². The number of aromatic nitrogens is 3. The molecule has 0 aliphatic carbocycles. The van der Waals surface area contributed by atoms with Crippen molar-refractivity contribution in [3.05, 3.63) is 65.5 Å². The van der Waals surface area contributed by atoms with Crippen molar-refractivity contribution in [1.82, 2.24) is 56.7 Å². The molecule has 16 N–H and O–H groups in total. The summed E-state index contributed by atoms with van der Waals surface area (Å²) in [6.07, 6.45) is 7.48. The zero-order chi connectivity index (χ0) is 33.5. The summed E-state index contributed by atoms with van der Waals surface area (Å²) >= 11 is 0. The summed E-state index contributed by atoms with van der Waals surface area (Å²) in [5, 5.41) is 67.6. The van der Waals surface area contributed by atoms with Gasteiger partial charge >= 0.3 is 0 Å². The second-order valence-corrected chi connectivity index (χ2v) is 10.5. The molecular weight excluding hydrogens is 588 g/mol. The largest absolute Gasteiger partial charge is 0.365 e. The topological polar surface area (TPSA) is 281 Å². The van der Waals surface area contributed by atoms with E-state index in [9.17, 15) is 0 Å². The SMILES string of the molecule is CNC(=N)NC(=N)N(C)CCc1cc(CNC(=N)NC(=N)NCCc2cc(NC(=N)NC(=N)N(C)CCc3ccc[nH]3)c[nH]2)c[nH]1. The third kappa shape index (κ3) is 12.0. The first-order valence-corrected chi connectivity index (χ1v) is 14.6. The zero-order valence-electron chi connectivity index (χ0n) is 26.4. The Kier molecular flexibility index (Phi) is 13.1. The van der Waals surface area contributed by atoms with Gasteiger partial charge in [-0.1, -0.05) is 0 Å². The highest BCUT2D eigenvalue weighted by Crippen LogP contribution is 2.09. The number of nitrogens with one attached hydrogen (secondary N) is 16. The van der Waals surface area contributed by atoms with Gasteiger partial charge in [-0.2, -0.15) is 0 Å². The Bertz CT molecular complexity index is 1460. The van der Waals surface area contributed by atoms with Crippen LogP contribution in [0.5, 0.6) is 0 Å². The van der Waals surface area contributed by atoms with Crippen LogP contribution in [0.4, 0.5) is 5.69 Å². The molecule has 0 saturated carbocycles. The van der Waals surface area contributed by atoms with Crippen molar-refractivity contribution in [2.24, 2.45) is 0 Å². The Hall–Kier alpha value is -5.94. The Morgan fingerprint density at radius 1 is 0.696 bits per heavy atom. The molecule has 248 valence electrons. The Balaban J connectivity index is 1.28. The van der Waals surface area contributed by atoms with Crippen LogP contribution in [0.1, 0.15) is 22.6 Å². The third-order valence-corrected chi connectivity index (χ3v) is 6.83. The molecule has 0 bridgehead atoms. The Morgan fingerprint density at radius 3 is 2.00 bits per heavy atom. The van der Waals surface area contributed by atoms with Crippen LogP contribution in [0.25, 0.3) is 0 Å². The first-order chi connectivity index (χ1) is 22.0. The first kappa shape index (κ1) is 34.5. The fourth-order valence-corrected chi connectivity index (χ4v) is 4.11. The van der Waals surface area contributed by atoms with E-state index in [4.69, 9.17) is 32.5 Å². The Morgan fingerprint density at radius 2 is 1.33 bits per heavy atom. The fourth-order valence-electron chi connectivity index (χ4n) is 4.11. The number of H-pyrrole nitrogens is 3. The van der Waals surface area contributed by atoms with Gasteiger partial charge in [-0.3, -0.25) is 48.4 Å². The van der Waals surface area contributed by atoms with Crippen LogP contribution in [-0.4, -0.2) is 101 Å². The number of hydrogen-bond acceptors (Lipinski definition) is 6. The minimum absolute atomic E-state index is 0.00696. The van der Waals surface area contributed by atoms with Gasteiger partial charge in [0.1, 0.15) is 0 Å². The lowest BCUT2D eigenvalue weighted by Gasteiger charge is -2.21. The van der Waals surface area contributed by atoms with E-state index in [1.165, 1.54) is 0 Å². The molecule has 0 saturated heterocycles. The number of rotatable bonds is 12. The molecular formula is C28H46N18. The third-order valence-electron chi connectivity index (χ3n) is 6.83. The maximum Gasteiger partial charge on any atom is 0.199 e. The van der Waals surface area contributed by atoms with Crippen LogP contribution in [0.2, 0.25) is 0 Å². The van der Waals surface area contributed by atoms with Crippen LogP contribution < -0.4 is 37.2 Å². The van der Waals surface area contributed by atoms with Crippen LogP contribution >= 0.6 is 0 Å². The molecule has 0 aliphatic heterocycles. The quantitative estimate of drug-likeness (QED) is 0.0958. The van der Waals surface area contributed by atoms with Crippen molar-refractivity contribution in [2.45, 2.75) is 25.8 Å². The molecule has 3 rings (SSSR count). The van der Waals surface area contributed by atoms with Gasteiger partial charge in [0.05, 0.1) is 5.69 Å². The minimum atomic E-state index is -0.0154. The number of hydrogen-bond donors (Lipinski definition) is 16. The van der Waals surface area contributed by atoms with E-state index >= 15 is 0 Å². The van der Waals surface area contributed by atoms with Crippen molar-refractivity contribution in [1.29, 1.82) is 32.5 Å². The summed E-state index contributed by atoms with van der Waals surface area (Å²) in [7, 11) is 5.19. The molecule has 0 unspecified atom stereocenters. The number of nitrogens with zero attached hydrogens (tertiary/aromatic N) is 2. The lowest BCUT2D eigenvalue weighted by Crippen LogP contribution is -2.46. The molecule has 46 heavy (non-hydrogen) atoms. The van der Waals surface area contributed by atoms with Crippen molar-refractivity contribution >= 4 is 41.4 Å². The molecule has 0 radical (unpaired) electrons. The molecule has 0 atom stereocenters. The average Bonchev–Trinajstić information content (AvgIpc) is 3.80. The molecule has 3 aromatic heterocycles. The Labute approximate surface area is 267 Å². The number of aromatic amines is 3. The zero-order valence-corrected chi connectivity index (χ0v) is 26.4. The van der Waals surface area contributed by atoms with E-state index in [-0.39, 0.29) is 35.8 Å². The smallest absolute Gasteiger partial charge is 0.199 e. The summed E-state index contributed by atoms with van der Waals surface area (Å²) < 4.78 is 0. The summed E-state index contributed by atoms with van der Waals surface area (Å²) in [6, 6.07) is 7.77. The van der Waals surface area contributed by atoms with Gasteiger partial charge in [-0.15, -0.1) is 0 Å². The lowest BCUT2D eigenvalue weighted by molar-refractivity contribution is 0.490. The molecule has 3 heterocycles. The summed E-state index contributed by atoms with van der Waals surface area (Å²) in [6.45, 7) is 2.06. The molecule has 0 spiro atoms. The van der Waals surface area contributed by atoms with Crippen LogP contribution in [0, 0.1) is 32.5 Å². The van der Waals surface area contributed by atoms with Gasteiger partial charge in [0.2, 0.25) is 0 Å². The normalized spacial score (nSPS) is 10.3. The predicted molar refractivity (Wildman–Crippen MR) is 182 cm³/mol. The molecule has 18 nitrogen and oxygen atoms in total. The van der Waals surface area contributed by atoms with E-state index in [1.807, 2.05) is 36.7 Å². The predicted octanol–water partition coefficient (Wildman–Crippen LogP) is 0.250. The van der Waals surface area contributed by atoms with Crippen molar-refractivity contribution in [2.75, 3.05) is 46.1 Å². The second-order valence-electron chi connectivity index (χ2n) is 10.5. The van der Waals surface area contributed by atoms with Gasteiger partial charge < -0.3 is 46.0 Å². The lowest BCUT2D eigenvalue weighted by atomic mass is 10.2. The fraction of sp³-hybridized carbons (Fsp3) is 0.357. The summed E-state index contributed by atoms with van der Waals surface area (Å²) in [5.74, 6) is 0.272. The van der Waals surface area contributed by atoms with E-state index in [0.717, 1.165) is 29.1 Å². The van der Waals surface area contributed by atoms with Gasteiger partial charge in [0.25, 0.3) is 0 Å². The van der Waals surface area contributed by atoms with Gasteiger partial charge in [-0.25, -0.2) is 0 Å². The van der Waals surface area contributed by atoms with E-state index < -0.39 is 0 Å². The van der Waals surface area contributed by atoms with Crippen molar-refractivity contribution < 1.29 is 0 Å². The number of guanidine groups is 6. The van der Waals surface area contributed by atoms with Crippen LogP contribution in [0.3, 0.4) is 0 Å². The monoisotopic (exact) mass is 634 g/mol. The van der Waals surface area contributed by atoms with Gasteiger partial charge in [0.15, 0.2) is 35.8 Å². The van der Waals surface area contributed by atoms with Crippen molar-refractivity contribution in [3.63, 3.8) is 0 Å². The van der Waals surface area contributed by atoms with Crippen molar-refractivity contribution in [3.8, 4) is 0 Å². The maximum absolute atomic E-state index is 8.18. The molecule has 0 amide bonds. The molecule has 0 fully saturated rings. The van der Waals surface area contributed by atoms with E-state index in [2.05, 4.69) is 52.2 Å². The maximum atomic E-state index is 8.18. The highest BCUT2D eigenvalue weighted by molar-refractivity contribution is 6.02. The highest BCUT2D eigenvalue weighted by Gasteiger charge is 2.10. The number of likely N-dealkylation sites (N-methyl/N-ethyl adjacent to an activating group) is 2. The summed E-state index contributed by atoms with van der Waals surface area (Å²) in [5.41, 5.74) is 4.59. The van der Waals surface area contributed by atoms with E-state index in [1.54, 1.807) is 37.1 Å². The van der Waals surface area contributed by atoms with Crippen LogP contribution in [-0.2, 0) is 25.8 Å². The second kappa shape index (κ2) is 17.4.